The van der Waals surface area contributed by atoms with E-state index in [1.807, 2.05) is 0 Å². The van der Waals surface area contributed by atoms with Crippen molar-refractivity contribution in [3.63, 3.8) is 0 Å². The molecule has 4 nitrogen and oxygen atoms in total. The molecule has 0 unspecified atom stereocenters. The Hall–Kier alpha value is -0.900. The van der Waals surface area contributed by atoms with Crippen molar-refractivity contribution in [3.8, 4) is 0 Å². The molecule has 0 radical (unpaired) electrons. The Bertz CT molecular complexity index is 185. The molecule has 4 heteroatoms. The van der Waals surface area contributed by atoms with E-state index < -0.39 is 0 Å². The molecule has 0 aromatic carbocycles. The molecule has 2 N–H and O–H groups in total. The molecule has 1 fully saturated rings. The Balaban J connectivity index is 2.32. The van der Waals surface area contributed by atoms with Gasteiger partial charge in [-0.3, -0.25) is 14.9 Å². The van der Waals surface area contributed by atoms with Gasteiger partial charge in [-0.25, -0.2) is 0 Å². The summed E-state index contributed by atoms with van der Waals surface area (Å²) >= 11 is 0. The highest BCUT2D eigenvalue weighted by molar-refractivity contribution is 5.97. The van der Waals surface area contributed by atoms with Crippen molar-refractivity contribution in [2.24, 2.45) is 0 Å². The van der Waals surface area contributed by atoms with Gasteiger partial charge < -0.3 is 5.32 Å². The maximum Gasteiger partial charge on any atom is 0.243 e. The Labute approximate surface area is 71.7 Å². The van der Waals surface area contributed by atoms with Gasteiger partial charge in [0.15, 0.2) is 0 Å². The van der Waals surface area contributed by atoms with Crippen LogP contribution in [0.15, 0.2) is 0 Å². The van der Waals surface area contributed by atoms with Crippen molar-refractivity contribution in [1.29, 1.82) is 0 Å². The topological polar surface area (TPSA) is 58.2 Å². The summed E-state index contributed by atoms with van der Waals surface area (Å²) in [6.07, 6.45) is 2.21. The third kappa shape index (κ3) is 2.30. The third-order valence-electron chi connectivity index (χ3n) is 1.96. The quantitative estimate of drug-likeness (QED) is 0.603. The van der Waals surface area contributed by atoms with Crippen molar-refractivity contribution in [2.75, 3.05) is 6.54 Å². The molecule has 12 heavy (non-hydrogen) atoms. The monoisotopic (exact) mass is 170 g/mol. The van der Waals surface area contributed by atoms with Crippen LogP contribution >= 0.6 is 0 Å². The van der Waals surface area contributed by atoms with E-state index in [1.165, 1.54) is 0 Å². The molecule has 1 saturated heterocycles. The van der Waals surface area contributed by atoms with Gasteiger partial charge in [-0.15, -0.1) is 0 Å². The van der Waals surface area contributed by atoms with E-state index in [1.54, 1.807) is 6.92 Å². The summed E-state index contributed by atoms with van der Waals surface area (Å²) in [5, 5.41) is 5.35. The van der Waals surface area contributed by atoms with Crippen molar-refractivity contribution in [2.45, 2.75) is 32.2 Å². The van der Waals surface area contributed by atoms with Gasteiger partial charge in [0.1, 0.15) is 0 Å². The number of amides is 2. The molecule has 0 bridgehead atoms. The largest absolute Gasteiger partial charge is 0.306 e. The smallest absolute Gasteiger partial charge is 0.243 e. The molecule has 1 heterocycles. The zero-order valence-electron chi connectivity index (χ0n) is 7.22. The molecular formula is C8H14N2O2. The Kier molecular flexibility index (Phi) is 3.22. The zero-order valence-corrected chi connectivity index (χ0v) is 7.22. The Morgan fingerprint density at radius 1 is 1.58 bits per heavy atom. The summed E-state index contributed by atoms with van der Waals surface area (Å²) in [4.78, 5) is 22.0. The second-order valence-electron chi connectivity index (χ2n) is 2.91. The lowest BCUT2D eigenvalue weighted by molar-refractivity contribution is -0.131. The lowest BCUT2D eigenvalue weighted by Crippen LogP contribution is -2.42. The van der Waals surface area contributed by atoms with Gasteiger partial charge in [0, 0.05) is 6.42 Å². The predicted octanol–water partition coefficient (Wildman–Crippen LogP) is -0.209. The minimum atomic E-state index is -0.200. The second kappa shape index (κ2) is 4.21. The number of rotatable bonds is 2. The van der Waals surface area contributed by atoms with Crippen LogP contribution in [0.5, 0.6) is 0 Å². The van der Waals surface area contributed by atoms with Gasteiger partial charge in [0.05, 0.1) is 6.04 Å². The molecule has 1 aliphatic heterocycles. The molecule has 2 amide bonds. The fraction of sp³-hybridized carbons (Fsp3) is 0.750. The summed E-state index contributed by atoms with van der Waals surface area (Å²) in [5.41, 5.74) is 0. The van der Waals surface area contributed by atoms with Crippen LogP contribution in [-0.4, -0.2) is 24.4 Å². The molecule has 0 spiro atoms. The first-order valence-electron chi connectivity index (χ1n) is 4.31. The van der Waals surface area contributed by atoms with E-state index in [2.05, 4.69) is 10.6 Å². The van der Waals surface area contributed by atoms with Crippen LogP contribution in [0.4, 0.5) is 0 Å². The van der Waals surface area contributed by atoms with Gasteiger partial charge in [0.25, 0.3) is 0 Å². The standard InChI is InChI=1S/C8H14N2O2/c1-2-7(11)10-8(12)6-4-3-5-9-6/h6,9H,2-5H2,1H3,(H,10,11,12)/t6-/m0/s1. The van der Waals surface area contributed by atoms with Crippen molar-refractivity contribution in [1.82, 2.24) is 10.6 Å². The number of carbonyl (C=O) groups excluding carboxylic acids is 2. The van der Waals surface area contributed by atoms with Gasteiger partial charge in [-0.1, -0.05) is 6.92 Å². The fourth-order valence-corrected chi connectivity index (χ4v) is 1.22. The highest BCUT2D eigenvalue weighted by atomic mass is 16.2. The first-order valence-corrected chi connectivity index (χ1v) is 4.31. The average Bonchev–Trinajstić information content (AvgIpc) is 2.56. The first-order chi connectivity index (χ1) is 5.74. The van der Waals surface area contributed by atoms with E-state index in [-0.39, 0.29) is 17.9 Å². The highest BCUT2D eigenvalue weighted by Gasteiger charge is 2.22. The molecule has 1 rings (SSSR count). The molecule has 1 atom stereocenters. The summed E-state index contributed by atoms with van der Waals surface area (Å²) in [6.45, 7) is 2.60. The molecule has 0 aliphatic carbocycles. The van der Waals surface area contributed by atoms with Crippen LogP contribution in [0.3, 0.4) is 0 Å². The fourth-order valence-electron chi connectivity index (χ4n) is 1.22. The molecule has 68 valence electrons. The van der Waals surface area contributed by atoms with Crippen molar-refractivity contribution >= 4 is 11.8 Å². The van der Waals surface area contributed by atoms with Crippen molar-refractivity contribution < 1.29 is 9.59 Å². The zero-order chi connectivity index (χ0) is 8.97. The maximum atomic E-state index is 11.2. The Morgan fingerprint density at radius 3 is 2.83 bits per heavy atom. The van der Waals surface area contributed by atoms with Crippen LogP contribution < -0.4 is 10.6 Å². The number of nitrogens with one attached hydrogen (secondary N) is 2. The molecule has 0 aromatic rings. The van der Waals surface area contributed by atoms with E-state index >= 15 is 0 Å². The summed E-state index contributed by atoms with van der Waals surface area (Å²) in [6, 6.07) is -0.152. The van der Waals surface area contributed by atoms with Crippen LogP contribution in [0.1, 0.15) is 26.2 Å². The van der Waals surface area contributed by atoms with Gasteiger partial charge in [-0.2, -0.15) is 0 Å². The second-order valence-corrected chi connectivity index (χ2v) is 2.91. The van der Waals surface area contributed by atoms with Crippen LogP contribution in [0.2, 0.25) is 0 Å². The normalized spacial score (nSPS) is 22.2. The molecule has 0 saturated carbocycles. The van der Waals surface area contributed by atoms with Crippen molar-refractivity contribution in [3.05, 3.63) is 0 Å². The molecule has 1 aliphatic rings. The van der Waals surface area contributed by atoms with E-state index in [9.17, 15) is 9.59 Å². The maximum absolute atomic E-state index is 11.2. The molecule has 0 aromatic heterocycles. The Morgan fingerprint density at radius 2 is 2.33 bits per heavy atom. The van der Waals surface area contributed by atoms with E-state index in [0.29, 0.717) is 6.42 Å². The summed E-state index contributed by atoms with van der Waals surface area (Å²) in [5.74, 6) is -0.381. The third-order valence-corrected chi connectivity index (χ3v) is 1.96. The van der Waals surface area contributed by atoms with Crippen LogP contribution in [-0.2, 0) is 9.59 Å². The number of hydrogen-bond acceptors (Lipinski definition) is 3. The number of hydrogen-bond donors (Lipinski definition) is 2. The first kappa shape index (κ1) is 9.19. The van der Waals surface area contributed by atoms with Crippen LogP contribution in [0.25, 0.3) is 0 Å². The van der Waals surface area contributed by atoms with E-state index in [0.717, 1.165) is 19.4 Å². The highest BCUT2D eigenvalue weighted by Crippen LogP contribution is 2.04. The molecular weight excluding hydrogens is 156 g/mol. The minimum absolute atomic E-state index is 0.152. The minimum Gasteiger partial charge on any atom is -0.306 e. The SMILES string of the molecule is CCC(=O)NC(=O)[C@@H]1CCCN1. The van der Waals surface area contributed by atoms with Crippen LogP contribution in [0, 0.1) is 0 Å². The van der Waals surface area contributed by atoms with E-state index in [4.69, 9.17) is 0 Å². The lowest BCUT2D eigenvalue weighted by atomic mass is 10.2. The summed E-state index contributed by atoms with van der Waals surface area (Å²) < 4.78 is 0. The van der Waals surface area contributed by atoms with Gasteiger partial charge in [0.2, 0.25) is 11.8 Å². The van der Waals surface area contributed by atoms with Gasteiger partial charge >= 0.3 is 0 Å². The van der Waals surface area contributed by atoms with Gasteiger partial charge in [-0.05, 0) is 19.4 Å². The lowest BCUT2D eigenvalue weighted by Gasteiger charge is -2.08. The predicted molar refractivity (Wildman–Crippen MR) is 44.5 cm³/mol. The average molecular weight is 170 g/mol. The number of carbonyl (C=O) groups is 2. The summed E-state index contributed by atoms with van der Waals surface area (Å²) in [7, 11) is 0. The number of imide groups is 1.